The molecule has 0 aliphatic heterocycles. The summed E-state index contributed by atoms with van der Waals surface area (Å²) in [5, 5.41) is 12.0. The number of hydrogen-bond acceptors (Lipinski definition) is 2. The van der Waals surface area contributed by atoms with Crippen molar-refractivity contribution in [3.63, 3.8) is 0 Å². The number of carboxylic acids is 1. The molecule has 0 fully saturated rings. The topological polar surface area (TPSA) is 66.4 Å². The van der Waals surface area contributed by atoms with E-state index in [9.17, 15) is 14.7 Å². The number of anilines is 1. The van der Waals surface area contributed by atoms with Gasteiger partial charge in [-0.05, 0) is 49.6 Å². The maximum atomic E-state index is 12.3. The van der Waals surface area contributed by atoms with Gasteiger partial charge in [-0.15, -0.1) is 0 Å². The highest BCUT2D eigenvalue weighted by molar-refractivity contribution is 6.10. The van der Waals surface area contributed by atoms with Crippen molar-refractivity contribution in [3.8, 4) is 0 Å². The third kappa shape index (κ3) is 4.42. The minimum Gasteiger partial charge on any atom is -0.478 e. The van der Waals surface area contributed by atoms with E-state index in [-0.39, 0.29) is 11.1 Å². The Hall–Kier alpha value is -2.62. The van der Waals surface area contributed by atoms with Gasteiger partial charge in [0, 0.05) is 5.69 Å². The van der Waals surface area contributed by atoms with Crippen LogP contribution in [0.15, 0.2) is 42.5 Å². The highest BCUT2D eigenvalue weighted by Gasteiger charge is 2.16. The fourth-order valence-electron chi connectivity index (χ4n) is 2.37. The summed E-state index contributed by atoms with van der Waals surface area (Å²) in [4.78, 5) is 23.6. The summed E-state index contributed by atoms with van der Waals surface area (Å²) >= 11 is 0. The van der Waals surface area contributed by atoms with Crippen molar-refractivity contribution >= 4 is 17.6 Å². The molecule has 0 bridgehead atoms. The predicted molar refractivity (Wildman–Crippen MR) is 91.1 cm³/mol. The maximum Gasteiger partial charge on any atom is 0.336 e. The molecule has 0 heterocycles. The first kappa shape index (κ1) is 16.7. The molecule has 0 aromatic heterocycles. The van der Waals surface area contributed by atoms with Crippen LogP contribution in [0, 0.1) is 6.92 Å². The van der Waals surface area contributed by atoms with E-state index >= 15 is 0 Å². The number of benzene rings is 2. The molecular weight excluding hydrogens is 290 g/mol. The zero-order chi connectivity index (χ0) is 16.8. The van der Waals surface area contributed by atoms with E-state index in [1.54, 1.807) is 19.1 Å². The largest absolute Gasteiger partial charge is 0.478 e. The Labute approximate surface area is 136 Å². The van der Waals surface area contributed by atoms with Gasteiger partial charge in [-0.2, -0.15) is 0 Å². The fourth-order valence-corrected chi connectivity index (χ4v) is 2.37. The number of unbranched alkanes of at least 4 members (excludes halogenated alkanes) is 1. The van der Waals surface area contributed by atoms with Gasteiger partial charge in [0.2, 0.25) is 0 Å². The lowest BCUT2D eigenvalue weighted by Crippen LogP contribution is -2.16. The van der Waals surface area contributed by atoms with Crippen molar-refractivity contribution in [2.45, 2.75) is 33.1 Å². The van der Waals surface area contributed by atoms with Gasteiger partial charge in [-0.1, -0.05) is 37.1 Å². The van der Waals surface area contributed by atoms with Crippen molar-refractivity contribution in [1.29, 1.82) is 0 Å². The van der Waals surface area contributed by atoms with Gasteiger partial charge >= 0.3 is 5.97 Å². The molecule has 2 rings (SSSR count). The second-order valence-electron chi connectivity index (χ2n) is 5.61. The molecule has 2 N–H and O–H groups in total. The summed E-state index contributed by atoms with van der Waals surface area (Å²) in [6, 6.07) is 12.4. The third-order valence-corrected chi connectivity index (χ3v) is 3.68. The number of hydrogen-bond donors (Lipinski definition) is 2. The van der Waals surface area contributed by atoms with Gasteiger partial charge in [0.05, 0.1) is 11.1 Å². The lowest BCUT2D eigenvalue weighted by Gasteiger charge is -2.09. The van der Waals surface area contributed by atoms with E-state index in [0.29, 0.717) is 5.69 Å². The number of carboxylic acid groups (broad SMARTS) is 1. The van der Waals surface area contributed by atoms with Crippen LogP contribution in [0.2, 0.25) is 0 Å². The van der Waals surface area contributed by atoms with Gasteiger partial charge in [-0.3, -0.25) is 4.79 Å². The van der Waals surface area contributed by atoms with Crippen LogP contribution < -0.4 is 5.32 Å². The monoisotopic (exact) mass is 311 g/mol. The predicted octanol–water partition coefficient (Wildman–Crippen LogP) is 4.29. The molecular formula is C19H21NO3. The zero-order valence-electron chi connectivity index (χ0n) is 13.4. The van der Waals surface area contributed by atoms with Crippen LogP contribution in [0.1, 0.15) is 51.6 Å². The van der Waals surface area contributed by atoms with Crippen LogP contribution >= 0.6 is 0 Å². The van der Waals surface area contributed by atoms with Crippen LogP contribution in [-0.4, -0.2) is 17.0 Å². The molecule has 0 saturated carbocycles. The Bertz CT molecular complexity index is 705. The standard InChI is InChI=1S/C19H21NO3/c1-3-4-5-14-7-9-15(10-8-14)20-18(21)16-11-6-13(2)12-17(16)19(22)23/h6-12H,3-5H2,1-2H3,(H,20,21)(H,22,23). The minimum absolute atomic E-state index is 0.0158. The van der Waals surface area contributed by atoms with Gasteiger partial charge in [0.1, 0.15) is 0 Å². The Kier molecular flexibility index (Phi) is 5.52. The summed E-state index contributed by atoms with van der Waals surface area (Å²) in [5.41, 5.74) is 2.87. The van der Waals surface area contributed by atoms with E-state index in [2.05, 4.69) is 12.2 Å². The smallest absolute Gasteiger partial charge is 0.336 e. The Morgan fingerprint density at radius 3 is 2.35 bits per heavy atom. The van der Waals surface area contributed by atoms with Crippen LogP contribution in [0.4, 0.5) is 5.69 Å². The molecule has 0 unspecified atom stereocenters. The van der Waals surface area contributed by atoms with Crippen molar-refractivity contribution in [3.05, 3.63) is 64.7 Å². The normalized spacial score (nSPS) is 10.3. The second-order valence-corrected chi connectivity index (χ2v) is 5.61. The summed E-state index contributed by atoms with van der Waals surface area (Å²) in [7, 11) is 0. The molecule has 0 radical (unpaired) electrons. The average molecular weight is 311 g/mol. The number of rotatable bonds is 6. The van der Waals surface area contributed by atoms with Crippen LogP contribution in [0.25, 0.3) is 0 Å². The average Bonchev–Trinajstić information content (AvgIpc) is 2.54. The fraction of sp³-hybridized carbons (Fsp3) is 0.263. The first-order chi connectivity index (χ1) is 11.0. The molecule has 4 nitrogen and oxygen atoms in total. The molecule has 0 atom stereocenters. The molecule has 1 amide bonds. The van der Waals surface area contributed by atoms with Crippen molar-refractivity contribution in [2.75, 3.05) is 5.32 Å². The quantitative estimate of drug-likeness (QED) is 0.836. The molecule has 2 aromatic carbocycles. The highest BCUT2D eigenvalue weighted by Crippen LogP contribution is 2.16. The first-order valence-electron chi connectivity index (χ1n) is 7.75. The first-order valence-corrected chi connectivity index (χ1v) is 7.75. The van der Waals surface area contributed by atoms with Gasteiger partial charge in [-0.25, -0.2) is 4.79 Å². The number of carbonyl (C=O) groups excluding carboxylic acids is 1. The molecule has 120 valence electrons. The van der Waals surface area contributed by atoms with E-state index in [4.69, 9.17) is 0 Å². The van der Waals surface area contributed by atoms with Crippen LogP contribution in [0.3, 0.4) is 0 Å². The summed E-state index contributed by atoms with van der Waals surface area (Å²) < 4.78 is 0. The lowest BCUT2D eigenvalue weighted by molar-refractivity contribution is 0.0692. The number of aromatic carboxylic acids is 1. The van der Waals surface area contributed by atoms with Gasteiger partial charge < -0.3 is 10.4 Å². The molecule has 0 saturated heterocycles. The zero-order valence-corrected chi connectivity index (χ0v) is 13.4. The third-order valence-electron chi connectivity index (χ3n) is 3.68. The summed E-state index contributed by atoms with van der Waals surface area (Å²) in [6.45, 7) is 3.94. The Morgan fingerprint density at radius 1 is 1.04 bits per heavy atom. The molecule has 4 heteroatoms. The Balaban J connectivity index is 2.14. The number of aryl methyl sites for hydroxylation is 2. The molecule has 2 aromatic rings. The number of carbonyl (C=O) groups is 2. The molecule has 0 spiro atoms. The number of amides is 1. The molecule has 23 heavy (non-hydrogen) atoms. The van der Waals surface area contributed by atoms with Crippen molar-refractivity contribution in [2.24, 2.45) is 0 Å². The minimum atomic E-state index is -1.10. The highest BCUT2D eigenvalue weighted by atomic mass is 16.4. The molecule has 0 aliphatic carbocycles. The van der Waals surface area contributed by atoms with E-state index in [0.717, 1.165) is 24.8 Å². The van der Waals surface area contributed by atoms with Crippen LogP contribution in [-0.2, 0) is 6.42 Å². The summed E-state index contributed by atoms with van der Waals surface area (Å²) in [6.07, 6.45) is 3.30. The van der Waals surface area contributed by atoms with E-state index in [1.165, 1.54) is 11.6 Å². The summed E-state index contributed by atoms with van der Waals surface area (Å²) in [5.74, 6) is -1.52. The molecule has 0 aliphatic rings. The van der Waals surface area contributed by atoms with Gasteiger partial charge in [0.15, 0.2) is 0 Å². The second kappa shape index (κ2) is 7.58. The van der Waals surface area contributed by atoms with E-state index < -0.39 is 11.9 Å². The van der Waals surface area contributed by atoms with Crippen molar-refractivity contribution < 1.29 is 14.7 Å². The lowest BCUT2D eigenvalue weighted by atomic mass is 10.0. The van der Waals surface area contributed by atoms with Crippen LogP contribution in [0.5, 0.6) is 0 Å². The van der Waals surface area contributed by atoms with E-state index in [1.807, 2.05) is 24.3 Å². The van der Waals surface area contributed by atoms with Gasteiger partial charge in [0.25, 0.3) is 5.91 Å². The van der Waals surface area contributed by atoms with Crippen molar-refractivity contribution in [1.82, 2.24) is 0 Å². The SMILES string of the molecule is CCCCc1ccc(NC(=O)c2ccc(C)cc2C(=O)O)cc1. The Morgan fingerprint density at radius 2 is 1.74 bits per heavy atom. The number of nitrogens with one attached hydrogen (secondary N) is 1. The maximum absolute atomic E-state index is 12.3.